The number of nitrogens with zero attached hydrogens (tertiary/aromatic N) is 1. The van der Waals surface area contributed by atoms with Gasteiger partial charge in [0.15, 0.2) is 0 Å². The van der Waals surface area contributed by atoms with Crippen LogP contribution in [-0.2, 0) is 11.3 Å². The molecule has 1 amide bonds. The van der Waals surface area contributed by atoms with Gasteiger partial charge in [-0.3, -0.25) is 4.79 Å². The summed E-state index contributed by atoms with van der Waals surface area (Å²) in [7, 11) is 0. The lowest BCUT2D eigenvalue weighted by Gasteiger charge is -2.04. The monoisotopic (exact) mass is 208 g/mol. The second-order valence-electron chi connectivity index (χ2n) is 3.20. The summed E-state index contributed by atoms with van der Waals surface area (Å²) in [5, 5.41) is 5.77. The maximum atomic E-state index is 10.7. The van der Waals surface area contributed by atoms with Crippen LogP contribution in [0.4, 0.5) is 5.82 Å². The predicted molar refractivity (Wildman–Crippen MR) is 59.3 cm³/mol. The smallest absolute Gasteiger partial charge is 0.222 e. The molecule has 1 aromatic heterocycles. The molecule has 0 aliphatic heterocycles. The van der Waals surface area contributed by atoms with Crippen LogP contribution in [0.1, 0.15) is 12.5 Å². The molecule has 0 aliphatic carbocycles. The predicted octanol–water partition coefficient (Wildman–Crippen LogP) is 0.0883. The highest BCUT2D eigenvalue weighted by Crippen LogP contribution is 2.04. The molecule has 0 saturated carbocycles. The molecule has 0 aliphatic rings. The number of nitrogens with two attached hydrogens (primary N) is 1. The summed E-state index contributed by atoms with van der Waals surface area (Å²) in [5.41, 5.74) is 6.41. The Balaban J connectivity index is 2.45. The van der Waals surface area contributed by atoms with Crippen LogP contribution in [0, 0.1) is 0 Å². The number of rotatable bonds is 5. The SMILES string of the molecule is CC(=O)Nc1ccc(CNCCN)cn1. The summed E-state index contributed by atoms with van der Waals surface area (Å²) < 4.78 is 0. The van der Waals surface area contributed by atoms with E-state index in [0.29, 0.717) is 12.4 Å². The zero-order valence-electron chi connectivity index (χ0n) is 8.79. The molecule has 4 N–H and O–H groups in total. The van der Waals surface area contributed by atoms with Crippen molar-refractivity contribution in [2.45, 2.75) is 13.5 Å². The van der Waals surface area contributed by atoms with Gasteiger partial charge < -0.3 is 16.4 Å². The highest BCUT2D eigenvalue weighted by Gasteiger charge is 1.97. The number of hydrogen-bond acceptors (Lipinski definition) is 4. The van der Waals surface area contributed by atoms with Gasteiger partial charge in [0.05, 0.1) is 0 Å². The van der Waals surface area contributed by atoms with E-state index >= 15 is 0 Å². The van der Waals surface area contributed by atoms with Crippen molar-refractivity contribution >= 4 is 11.7 Å². The second kappa shape index (κ2) is 6.10. The number of aromatic nitrogens is 1. The first kappa shape index (κ1) is 11.6. The third-order valence-corrected chi connectivity index (χ3v) is 1.78. The molecule has 0 saturated heterocycles. The van der Waals surface area contributed by atoms with Gasteiger partial charge >= 0.3 is 0 Å². The van der Waals surface area contributed by atoms with Gasteiger partial charge in [0.1, 0.15) is 5.82 Å². The van der Waals surface area contributed by atoms with Gasteiger partial charge in [0.25, 0.3) is 0 Å². The van der Waals surface area contributed by atoms with Crippen LogP contribution in [0.3, 0.4) is 0 Å². The zero-order valence-corrected chi connectivity index (χ0v) is 8.79. The Kier molecular flexibility index (Phi) is 4.73. The molecule has 82 valence electrons. The fourth-order valence-corrected chi connectivity index (χ4v) is 1.12. The second-order valence-corrected chi connectivity index (χ2v) is 3.20. The largest absolute Gasteiger partial charge is 0.329 e. The van der Waals surface area contributed by atoms with Crippen LogP contribution in [0.15, 0.2) is 18.3 Å². The summed E-state index contributed by atoms with van der Waals surface area (Å²) >= 11 is 0. The van der Waals surface area contributed by atoms with Gasteiger partial charge in [-0.25, -0.2) is 4.98 Å². The van der Waals surface area contributed by atoms with E-state index in [0.717, 1.165) is 18.7 Å². The van der Waals surface area contributed by atoms with Crippen molar-refractivity contribution in [3.63, 3.8) is 0 Å². The summed E-state index contributed by atoms with van der Waals surface area (Å²) in [6, 6.07) is 3.70. The van der Waals surface area contributed by atoms with E-state index in [-0.39, 0.29) is 5.91 Å². The molecule has 1 heterocycles. The van der Waals surface area contributed by atoms with Crippen molar-refractivity contribution in [3.05, 3.63) is 23.9 Å². The van der Waals surface area contributed by atoms with Crippen LogP contribution in [0.5, 0.6) is 0 Å². The molecule has 0 bridgehead atoms. The Morgan fingerprint density at radius 2 is 2.33 bits per heavy atom. The van der Waals surface area contributed by atoms with E-state index in [2.05, 4.69) is 15.6 Å². The van der Waals surface area contributed by atoms with Gasteiger partial charge in [0.2, 0.25) is 5.91 Å². The molecular formula is C10H16N4O. The van der Waals surface area contributed by atoms with Crippen LogP contribution in [-0.4, -0.2) is 24.0 Å². The number of pyridine rings is 1. The molecule has 5 heteroatoms. The Hall–Kier alpha value is -1.46. The molecule has 5 nitrogen and oxygen atoms in total. The summed E-state index contributed by atoms with van der Waals surface area (Å²) in [4.78, 5) is 14.8. The molecule has 0 radical (unpaired) electrons. The van der Waals surface area contributed by atoms with Gasteiger partial charge in [-0.15, -0.1) is 0 Å². The Morgan fingerprint density at radius 3 is 2.87 bits per heavy atom. The third kappa shape index (κ3) is 4.53. The fraction of sp³-hybridized carbons (Fsp3) is 0.400. The molecule has 0 atom stereocenters. The maximum absolute atomic E-state index is 10.7. The topological polar surface area (TPSA) is 80.0 Å². The van der Waals surface area contributed by atoms with Gasteiger partial charge in [-0.1, -0.05) is 6.07 Å². The first-order chi connectivity index (χ1) is 7.22. The van der Waals surface area contributed by atoms with Gasteiger partial charge in [0, 0.05) is 32.8 Å². The Morgan fingerprint density at radius 1 is 1.53 bits per heavy atom. The minimum atomic E-state index is -0.114. The lowest BCUT2D eigenvalue weighted by Crippen LogP contribution is -2.21. The van der Waals surface area contributed by atoms with E-state index in [4.69, 9.17) is 5.73 Å². The Labute approximate surface area is 89.1 Å². The quantitative estimate of drug-likeness (QED) is 0.599. The van der Waals surface area contributed by atoms with Crippen molar-refractivity contribution in [1.29, 1.82) is 0 Å². The Bertz CT molecular complexity index is 310. The van der Waals surface area contributed by atoms with E-state index in [1.165, 1.54) is 6.92 Å². The normalized spacial score (nSPS) is 10.0. The number of nitrogens with one attached hydrogen (secondary N) is 2. The van der Waals surface area contributed by atoms with Crippen LogP contribution in [0.25, 0.3) is 0 Å². The lowest BCUT2D eigenvalue weighted by molar-refractivity contribution is -0.114. The van der Waals surface area contributed by atoms with Gasteiger partial charge in [-0.05, 0) is 11.6 Å². The minimum absolute atomic E-state index is 0.114. The van der Waals surface area contributed by atoms with Crippen LogP contribution in [0.2, 0.25) is 0 Å². The number of carbonyl (C=O) groups excluding carboxylic acids is 1. The maximum Gasteiger partial charge on any atom is 0.222 e. The molecule has 15 heavy (non-hydrogen) atoms. The average molecular weight is 208 g/mol. The molecule has 0 unspecified atom stereocenters. The summed E-state index contributed by atoms with van der Waals surface area (Å²) in [6.45, 7) is 3.60. The van der Waals surface area contributed by atoms with Gasteiger partial charge in [-0.2, -0.15) is 0 Å². The third-order valence-electron chi connectivity index (χ3n) is 1.78. The highest BCUT2D eigenvalue weighted by molar-refractivity contribution is 5.87. The lowest BCUT2D eigenvalue weighted by atomic mass is 10.3. The first-order valence-corrected chi connectivity index (χ1v) is 4.85. The molecule has 1 rings (SSSR count). The van der Waals surface area contributed by atoms with Crippen molar-refractivity contribution in [2.75, 3.05) is 18.4 Å². The van der Waals surface area contributed by atoms with E-state index < -0.39 is 0 Å². The van der Waals surface area contributed by atoms with Crippen molar-refractivity contribution < 1.29 is 4.79 Å². The van der Waals surface area contributed by atoms with E-state index in [1.807, 2.05) is 6.07 Å². The van der Waals surface area contributed by atoms with Crippen LogP contribution >= 0.6 is 0 Å². The fourth-order valence-electron chi connectivity index (χ4n) is 1.12. The molecule has 0 aromatic carbocycles. The van der Waals surface area contributed by atoms with E-state index in [1.54, 1.807) is 12.3 Å². The van der Waals surface area contributed by atoms with Crippen molar-refractivity contribution in [2.24, 2.45) is 5.73 Å². The first-order valence-electron chi connectivity index (χ1n) is 4.85. The average Bonchev–Trinajstić information content (AvgIpc) is 2.20. The summed E-state index contributed by atoms with van der Waals surface area (Å²) in [5.74, 6) is 0.460. The molecular weight excluding hydrogens is 192 g/mol. The number of hydrogen-bond donors (Lipinski definition) is 3. The molecule has 0 spiro atoms. The molecule has 0 fully saturated rings. The van der Waals surface area contributed by atoms with E-state index in [9.17, 15) is 4.79 Å². The number of carbonyl (C=O) groups is 1. The number of anilines is 1. The number of amides is 1. The standard InChI is InChI=1S/C10H16N4O/c1-8(15)14-10-3-2-9(7-13-10)6-12-5-4-11/h2-3,7,12H,4-6,11H2,1H3,(H,13,14,15). The molecule has 1 aromatic rings. The summed E-state index contributed by atoms with van der Waals surface area (Å²) in [6.07, 6.45) is 1.73. The van der Waals surface area contributed by atoms with Crippen LogP contribution < -0.4 is 16.4 Å². The van der Waals surface area contributed by atoms with Crippen molar-refractivity contribution in [1.82, 2.24) is 10.3 Å². The van der Waals surface area contributed by atoms with Crippen molar-refractivity contribution in [3.8, 4) is 0 Å². The minimum Gasteiger partial charge on any atom is -0.329 e. The zero-order chi connectivity index (χ0) is 11.1. The highest BCUT2D eigenvalue weighted by atomic mass is 16.1.